The summed E-state index contributed by atoms with van der Waals surface area (Å²) in [5.41, 5.74) is 0.566. The highest BCUT2D eigenvalue weighted by atomic mass is 35.5. The SMILES string of the molecule is CC(C)CNC(=O)c1ccc(Cl)c(S(=O)(=O)Nc2ccc(Cl)cc2)c1. The van der Waals surface area contributed by atoms with Gasteiger partial charge in [0.2, 0.25) is 0 Å². The zero-order valence-corrected chi connectivity index (χ0v) is 16.0. The molecule has 1 amide bonds. The molecule has 25 heavy (non-hydrogen) atoms. The number of benzene rings is 2. The Balaban J connectivity index is 2.29. The molecule has 0 saturated carbocycles. The van der Waals surface area contributed by atoms with Crippen molar-refractivity contribution in [2.24, 2.45) is 5.92 Å². The molecule has 2 aromatic carbocycles. The second-order valence-electron chi connectivity index (χ2n) is 5.86. The van der Waals surface area contributed by atoms with E-state index in [4.69, 9.17) is 23.2 Å². The molecule has 0 unspecified atom stereocenters. The van der Waals surface area contributed by atoms with Crippen LogP contribution in [-0.2, 0) is 10.0 Å². The van der Waals surface area contributed by atoms with Gasteiger partial charge in [-0.3, -0.25) is 9.52 Å². The molecule has 0 spiro atoms. The number of hydrogen-bond acceptors (Lipinski definition) is 3. The zero-order valence-electron chi connectivity index (χ0n) is 13.7. The van der Waals surface area contributed by atoms with Crippen molar-refractivity contribution in [2.75, 3.05) is 11.3 Å². The van der Waals surface area contributed by atoms with Gasteiger partial charge in [0.1, 0.15) is 4.90 Å². The van der Waals surface area contributed by atoms with E-state index in [9.17, 15) is 13.2 Å². The van der Waals surface area contributed by atoms with Crippen LogP contribution in [-0.4, -0.2) is 20.9 Å². The minimum atomic E-state index is -3.95. The first-order valence-corrected chi connectivity index (χ1v) is 9.79. The van der Waals surface area contributed by atoms with E-state index in [0.717, 1.165) is 0 Å². The molecule has 8 heteroatoms. The highest BCUT2D eigenvalue weighted by Gasteiger charge is 2.20. The molecule has 5 nitrogen and oxygen atoms in total. The summed E-state index contributed by atoms with van der Waals surface area (Å²) < 4.78 is 27.6. The summed E-state index contributed by atoms with van der Waals surface area (Å²) in [6.07, 6.45) is 0. The van der Waals surface area contributed by atoms with Crippen LogP contribution in [0.3, 0.4) is 0 Å². The van der Waals surface area contributed by atoms with Crippen LogP contribution >= 0.6 is 23.2 Å². The van der Waals surface area contributed by atoms with Crippen LogP contribution in [0, 0.1) is 5.92 Å². The number of nitrogens with one attached hydrogen (secondary N) is 2. The predicted octanol–water partition coefficient (Wildman–Crippen LogP) is 4.18. The van der Waals surface area contributed by atoms with Gasteiger partial charge in [0.25, 0.3) is 15.9 Å². The van der Waals surface area contributed by atoms with Crippen molar-refractivity contribution in [3.8, 4) is 0 Å². The lowest BCUT2D eigenvalue weighted by Gasteiger charge is -2.12. The zero-order chi connectivity index (χ0) is 18.6. The summed E-state index contributed by atoms with van der Waals surface area (Å²) in [6.45, 7) is 4.43. The fourth-order valence-corrected chi connectivity index (χ4v) is 3.69. The first-order chi connectivity index (χ1) is 11.7. The lowest BCUT2D eigenvalue weighted by Crippen LogP contribution is -2.27. The number of amides is 1. The average molecular weight is 401 g/mol. The van der Waals surface area contributed by atoms with Crippen molar-refractivity contribution in [3.05, 3.63) is 58.1 Å². The number of anilines is 1. The van der Waals surface area contributed by atoms with E-state index >= 15 is 0 Å². The largest absolute Gasteiger partial charge is 0.352 e. The van der Waals surface area contributed by atoms with E-state index < -0.39 is 10.0 Å². The van der Waals surface area contributed by atoms with Gasteiger partial charge < -0.3 is 5.32 Å². The standard InChI is InChI=1S/C17H18Cl2N2O3S/c1-11(2)10-20-17(22)12-3-8-15(19)16(9-12)25(23,24)21-14-6-4-13(18)5-7-14/h3-9,11,21H,10H2,1-2H3,(H,20,22). The third kappa shape index (κ3) is 5.36. The van der Waals surface area contributed by atoms with Gasteiger partial charge in [0, 0.05) is 22.8 Å². The van der Waals surface area contributed by atoms with Crippen molar-refractivity contribution in [1.82, 2.24) is 5.32 Å². The van der Waals surface area contributed by atoms with E-state index in [0.29, 0.717) is 17.3 Å². The fraction of sp³-hybridized carbons (Fsp3) is 0.235. The first-order valence-electron chi connectivity index (χ1n) is 7.55. The molecule has 2 aromatic rings. The van der Waals surface area contributed by atoms with Gasteiger partial charge in [-0.05, 0) is 48.4 Å². The minimum Gasteiger partial charge on any atom is -0.352 e. The van der Waals surface area contributed by atoms with E-state index in [1.54, 1.807) is 12.1 Å². The molecular weight excluding hydrogens is 383 g/mol. The van der Waals surface area contributed by atoms with E-state index in [-0.39, 0.29) is 27.3 Å². The lowest BCUT2D eigenvalue weighted by atomic mass is 10.2. The molecule has 0 saturated heterocycles. The molecule has 0 aliphatic heterocycles. The molecule has 134 valence electrons. The topological polar surface area (TPSA) is 75.3 Å². The van der Waals surface area contributed by atoms with Gasteiger partial charge in [-0.2, -0.15) is 0 Å². The highest BCUT2D eigenvalue weighted by Crippen LogP contribution is 2.25. The van der Waals surface area contributed by atoms with Crippen LogP contribution in [0.25, 0.3) is 0 Å². The van der Waals surface area contributed by atoms with E-state index in [1.807, 2.05) is 13.8 Å². The summed E-state index contributed by atoms with van der Waals surface area (Å²) in [5, 5.41) is 3.26. The summed E-state index contributed by atoms with van der Waals surface area (Å²) >= 11 is 11.8. The molecular formula is C17H18Cl2N2O3S. The number of hydrogen-bond donors (Lipinski definition) is 2. The normalized spacial score (nSPS) is 11.4. The van der Waals surface area contributed by atoms with Crippen LogP contribution in [0.1, 0.15) is 24.2 Å². The van der Waals surface area contributed by atoms with Gasteiger partial charge in [-0.25, -0.2) is 8.42 Å². The van der Waals surface area contributed by atoms with Gasteiger partial charge in [-0.1, -0.05) is 37.0 Å². The predicted molar refractivity (Wildman–Crippen MR) is 101 cm³/mol. The summed E-state index contributed by atoms with van der Waals surface area (Å²) in [7, 11) is -3.95. The molecule has 0 bridgehead atoms. The Labute approximate surface area is 157 Å². The average Bonchev–Trinajstić information content (AvgIpc) is 2.54. The molecule has 2 rings (SSSR count). The fourth-order valence-electron chi connectivity index (χ4n) is 1.98. The second kappa shape index (κ2) is 8.08. The monoisotopic (exact) mass is 400 g/mol. The molecule has 0 aliphatic carbocycles. The van der Waals surface area contributed by atoms with Crippen molar-refractivity contribution < 1.29 is 13.2 Å². The van der Waals surface area contributed by atoms with Crippen molar-refractivity contribution in [2.45, 2.75) is 18.7 Å². The Hall–Kier alpha value is -1.76. The molecule has 0 aliphatic rings. The number of sulfonamides is 1. The number of carbonyl (C=O) groups is 1. The number of carbonyl (C=O) groups excluding carboxylic acids is 1. The molecule has 2 N–H and O–H groups in total. The summed E-state index contributed by atoms with van der Waals surface area (Å²) in [5.74, 6) is -0.0701. The van der Waals surface area contributed by atoms with Crippen LogP contribution in [0.5, 0.6) is 0 Å². The second-order valence-corrected chi connectivity index (χ2v) is 8.36. The van der Waals surface area contributed by atoms with E-state index in [1.165, 1.54) is 30.3 Å². The molecule has 0 heterocycles. The third-order valence-corrected chi connectivity index (χ3v) is 5.37. The van der Waals surface area contributed by atoms with Gasteiger partial charge >= 0.3 is 0 Å². The molecule has 0 aromatic heterocycles. The lowest BCUT2D eigenvalue weighted by molar-refractivity contribution is 0.0949. The number of rotatable bonds is 6. The number of halogens is 2. The Morgan fingerprint density at radius 2 is 1.72 bits per heavy atom. The first kappa shape index (κ1) is 19.6. The van der Waals surface area contributed by atoms with Crippen molar-refractivity contribution in [1.29, 1.82) is 0 Å². The van der Waals surface area contributed by atoms with Gasteiger partial charge in [0.05, 0.1) is 5.02 Å². The Morgan fingerprint density at radius 1 is 1.08 bits per heavy atom. The quantitative estimate of drug-likeness (QED) is 0.763. The van der Waals surface area contributed by atoms with Crippen LogP contribution in [0.4, 0.5) is 5.69 Å². The van der Waals surface area contributed by atoms with Gasteiger partial charge in [-0.15, -0.1) is 0 Å². The van der Waals surface area contributed by atoms with Crippen LogP contribution in [0.15, 0.2) is 47.4 Å². The minimum absolute atomic E-state index is 0.0295. The van der Waals surface area contributed by atoms with Crippen LogP contribution < -0.4 is 10.0 Å². The Bertz CT molecular complexity index is 866. The maximum atomic E-state index is 12.6. The Morgan fingerprint density at radius 3 is 2.32 bits per heavy atom. The molecule has 0 radical (unpaired) electrons. The smallest absolute Gasteiger partial charge is 0.263 e. The van der Waals surface area contributed by atoms with Crippen LogP contribution in [0.2, 0.25) is 10.0 Å². The summed E-state index contributed by atoms with van der Waals surface area (Å²) in [6, 6.07) is 10.3. The highest BCUT2D eigenvalue weighted by molar-refractivity contribution is 7.92. The maximum Gasteiger partial charge on any atom is 0.263 e. The third-order valence-electron chi connectivity index (χ3n) is 3.25. The Kier molecular flexibility index (Phi) is 6.32. The summed E-state index contributed by atoms with van der Waals surface area (Å²) in [4.78, 5) is 12.0. The molecule has 0 fully saturated rings. The maximum absolute atomic E-state index is 12.6. The van der Waals surface area contributed by atoms with Crippen molar-refractivity contribution >= 4 is 44.8 Å². The van der Waals surface area contributed by atoms with Gasteiger partial charge in [0.15, 0.2) is 0 Å². The van der Waals surface area contributed by atoms with E-state index in [2.05, 4.69) is 10.0 Å². The molecule has 0 atom stereocenters. The van der Waals surface area contributed by atoms with Crippen molar-refractivity contribution in [3.63, 3.8) is 0 Å².